The van der Waals surface area contributed by atoms with Gasteiger partial charge in [0.25, 0.3) is 0 Å². The van der Waals surface area contributed by atoms with Crippen LogP contribution in [0.2, 0.25) is 0 Å². The molecule has 0 aromatic heterocycles. The number of ketones is 1. The van der Waals surface area contributed by atoms with Crippen LogP contribution < -0.4 is 4.90 Å². The Morgan fingerprint density at radius 1 is 1.37 bits per heavy atom. The normalized spacial score (nSPS) is 23.2. The third-order valence-corrected chi connectivity index (χ3v) is 3.91. The number of carbonyl (C=O) groups is 1. The highest BCUT2D eigenvalue weighted by Gasteiger charge is 2.28. The van der Waals surface area contributed by atoms with Gasteiger partial charge < -0.3 is 10.0 Å². The van der Waals surface area contributed by atoms with E-state index < -0.39 is 5.82 Å². The minimum atomic E-state index is -0.411. The number of hydrogen-bond donors (Lipinski definition) is 1. The van der Waals surface area contributed by atoms with Gasteiger partial charge in [0.05, 0.1) is 12.1 Å². The van der Waals surface area contributed by atoms with Gasteiger partial charge in [-0.15, -0.1) is 0 Å². The largest absolute Gasteiger partial charge is 0.391 e. The average molecular weight is 265 g/mol. The summed E-state index contributed by atoms with van der Waals surface area (Å²) in [5.74, 6) is -0.571. The third kappa shape index (κ3) is 2.95. The number of hydrogen-bond acceptors (Lipinski definition) is 3. The number of likely N-dealkylation sites (N-methyl/N-ethyl adjacent to an activating group) is 1. The van der Waals surface area contributed by atoms with E-state index in [0.29, 0.717) is 11.3 Å². The topological polar surface area (TPSA) is 40.5 Å². The number of nitrogens with zero attached hydrogens (tertiary/aromatic N) is 1. The highest BCUT2D eigenvalue weighted by molar-refractivity contribution is 5.99. The molecular weight excluding hydrogens is 245 g/mol. The first-order chi connectivity index (χ1) is 9.00. The Balaban J connectivity index is 2.32. The number of halogens is 1. The summed E-state index contributed by atoms with van der Waals surface area (Å²) in [4.78, 5) is 13.5. The summed E-state index contributed by atoms with van der Waals surface area (Å²) in [6.07, 6.45) is 3.40. The van der Waals surface area contributed by atoms with E-state index in [1.165, 1.54) is 19.1 Å². The van der Waals surface area contributed by atoms with Gasteiger partial charge in [-0.3, -0.25) is 4.79 Å². The van der Waals surface area contributed by atoms with Crippen LogP contribution in [0.3, 0.4) is 0 Å². The van der Waals surface area contributed by atoms with Crippen LogP contribution in [0.25, 0.3) is 0 Å². The number of aliphatic hydroxyl groups is 1. The fraction of sp³-hybridized carbons (Fsp3) is 0.533. The first kappa shape index (κ1) is 14.0. The molecule has 19 heavy (non-hydrogen) atoms. The van der Waals surface area contributed by atoms with Crippen molar-refractivity contribution < 1.29 is 14.3 Å². The minimum absolute atomic E-state index is 0.00249. The molecule has 104 valence electrons. The lowest BCUT2D eigenvalue weighted by atomic mass is 9.91. The highest BCUT2D eigenvalue weighted by atomic mass is 19.1. The lowest BCUT2D eigenvalue weighted by Gasteiger charge is -2.37. The van der Waals surface area contributed by atoms with Crippen LogP contribution in [0.15, 0.2) is 18.2 Å². The SMILES string of the molecule is CC(=O)c1cc(F)ccc1N(C)C1CCCCC1O. The molecule has 2 rings (SSSR count). The van der Waals surface area contributed by atoms with Crippen LogP contribution in [0.4, 0.5) is 10.1 Å². The zero-order valence-corrected chi connectivity index (χ0v) is 11.4. The molecule has 2 atom stereocenters. The van der Waals surface area contributed by atoms with Gasteiger partial charge in [-0.1, -0.05) is 12.8 Å². The van der Waals surface area contributed by atoms with Crippen LogP contribution in [-0.4, -0.2) is 30.1 Å². The number of carbonyl (C=O) groups excluding carboxylic acids is 1. The van der Waals surface area contributed by atoms with Gasteiger partial charge in [-0.25, -0.2) is 4.39 Å². The Morgan fingerprint density at radius 3 is 2.68 bits per heavy atom. The summed E-state index contributed by atoms with van der Waals surface area (Å²) in [5.41, 5.74) is 1.07. The Bertz CT molecular complexity index is 475. The molecule has 0 bridgehead atoms. The molecule has 1 saturated carbocycles. The van der Waals surface area contributed by atoms with E-state index in [1.54, 1.807) is 6.07 Å². The average Bonchev–Trinajstić information content (AvgIpc) is 2.38. The molecule has 0 aliphatic heterocycles. The van der Waals surface area contributed by atoms with Gasteiger partial charge in [0.15, 0.2) is 5.78 Å². The molecule has 0 radical (unpaired) electrons. The van der Waals surface area contributed by atoms with Crippen molar-refractivity contribution in [2.24, 2.45) is 0 Å². The molecule has 0 heterocycles. The molecule has 1 aliphatic carbocycles. The van der Waals surface area contributed by atoms with Gasteiger partial charge >= 0.3 is 0 Å². The smallest absolute Gasteiger partial charge is 0.161 e. The summed E-state index contributed by atoms with van der Waals surface area (Å²) in [7, 11) is 1.86. The van der Waals surface area contributed by atoms with E-state index in [0.717, 1.165) is 25.7 Å². The summed E-state index contributed by atoms with van der Waals surface area (Å²) in [5, 5.41) is 10.1. The number of benzene rings is 1. The predicted octanol–water partition coefficient (Wildman–Crippen LogP) is 2.77. The van der Waals surface area contributed by atoms with Crippen molar-refractivity contribution in [1.29, 1.82) is 0 Å². The van der Waals surface area contributed by atoms with E-state index in [9.17, 15) is 14.3 Å². The molecule has 1 fully saturated rings. The van der Waals surface area contributed by atoms with Crippen molar-refractivity contribution in [3.63, 3.8) is 0 Å². The first-order valence-corrected chi connectivity index (χ1v) is 6.72. The number of anilines is 1. The van der Waals surface area contributed by atoms with Gasteiger partial charge in [0.2, 0.25) is 0 Å². The predicted molar refractivity (Wildman–Crippen MR) is 73.1 cm³/mol. The third-order valence-electron chi connectivity index (χ3n) is 3.91. The highest BCUT2D eigenvalue weighted by Crippen LogP contribution is 2.29. The summed E-state index contributed by atoms with van der Waals surface area (Å²) >= 11 is 0. The van der Waals surface area contributed by atoms with Crippen molar-refractivity contribution in [1.82, 2.24) is 0 Å². The van der Waals surface area contributed by atoms with Crippen molar-refractivity contribution in [3.8, 4) is 0 Å². The van der Waals surface area contributed by atoms with Gasteiger partial charge in [-0.05, 0) is 38.0 Å². The van der Waals surface area contributed by atoms with Gasteiger partial charge in [-0.2, -0.15) is 0 Å². The number of Topliss-reactive ketones (excluding diaryl/α,β-unsaturated/α-hetero) is 1. The molecule has 0 saturated heterocycles. The van der Waals surface area contributed by atoms with Crippen LogP contribution in [0.5, 0.6) is 0 Å². The Hall–Kier alpha value is -1.42. The summed E-state index contributed by atoms with van der Waals surface area (Å²) < 4.78 is 13.3. The molecule has 0 amide bonds. The quantitative estimate of drug-likeness (QED) is 0.854. The molecule has 1 aliphatic rings. The maximum Gasteiger partial charge on any atom is 0.161 e. The van der Waals surface area contributed by atoms with Crippen LogP contribution >= 0.6 is 0 Å². The Morgan fingerprint density at radius 2 is 2.05 bits per heavy atom. The molecule has 0 spiro atoms. The van der Waals surface area contributed by atoms with E-state index in [2.05, 4.69) is 0 Å². The second-order valence-electron chi connectivity index (χ2n) is 5.25. The number of aliphatic hydroxyl groups excluding tert-OH is 1. The maximum atomic E-state index is 13.3. The number of rotatable bonds is 3. The molecular formula is C15H20FNO2. The van der Waals surface area contributed by atoms with Crippen molar-refractivity contribution in [3.05, 3.63) is 29.6 Å². The second-order valence-corrected chi connectivity index (χ2v) is 5.25. The van der Waals surface area contributed by atoms with E-state index in [4.69, 9.17) is 0 Å². The molecule has 2 unspecified atom stereocenters. The fourth-order valence-electron chi connectivity index (χ4n) is 2.82. The van der Waals surface area contributed by atoms with Crippen molar-refractivity contribution in [2.45, 2.75) is 44.8 Å². The molecule has 4 heteroatoms. The van der Waals surface area contributed by atoms with Crippen LogP contribution in [0.1, 0.15) is 43.0 Å². The van der Waals surface area contributed by atoms with Crippen molar-refractivity contribution >= 4 is 11.5 Å². The summed E-state index contributed by atoms with van der Waals surface area (Å²) in [6, 6.07) is 4.24. The van der Waals surface area contributed by atoms with E-state index in [1.807, 2.05) is 11.9 Å². The Kier molecular flexibility index (Phi) is 4.20. The maximum absolute atomic E-state index is 13.3. The van der Waals surface area contributed by atoms with Crippen molar-refractivity contribution in [2.75, 3.05) is 11.9 Å². The second kappa shape index (κ2) is 5.70. The fourth-order valence-corrected chi connectivity index (χ4v) is 2.82. The summed E-state index contributed by atoms with van der Waals surface area (Å²) in [6.45, 7) is 1.43. The van der Waals surface area contributed by atoms with E-state index >= 15 is 0 Å². The molecule has 1 N–H and O–H groups in total. The first-order valence-electron chi connectivity index (χ1n) is 6.72. The zero-order valence-electron chi connectivity index (χ0n) is 11.4. The zero-order chi connectivity index (χ0) is 14.0. The van der Waals surface area contributed by atoms with Gasteiger partial charge in [0, 0.05) is 18.3 Å². The molecule has 3 nitrogen and oxygen atoms in total. The minimum Gasteiger partial charge on any atom is -0.391 e. The lowest BCUT2D eigenvalue weighted by molar-refractivity contribution is 0.100. The van der Waals surface area contributed by atoms with Crippen LogP contribution in [-0.2, 0) is 0 Å². The monoisotopic (exact) mass is 265 g/mol. The van der Waals surface area contributed by atoms with Crippen LogP contribution in [0, 0.1) is 5.82 Å². The van der Waals surface area contributed by atoms with Gasteiger partial charge in [0.1, 0.15) is 5.82 Å². The molecule has 1 aromatic rings. The Labute approximate surface area is 113 Å². The lowest BCUT2D eigenvalue weighted by Crippen LogP contribution is -2.44. The standard InChI is InChI=1S/C15H20FNO2/c1-10(18)12-9-11(16)7-8-13(12)17(2)14-5-3-4-6-15(14)19/h7-9,14-15,19H,3-6H2,1-2H3. The van der Waals surface area contributed by atoms with E-state index in [-0.39, 0.29) is 17.9 Å². The molecule has 1 aromatic carbocycles.